The van der Waals surface area contributed by atoms with Crippen LogP contribution < -0.4 is 16.1 Å². The van der Waals surface area contributed by atoms with Crippen LogP contribution in [-0.2, 0) is 22.6 Å². The van der Waals surface area contributed by atoms with Crippen LogP contribution in [0, 0.1) is 5.82 Å². The lowest BCUT2D eigenvalue weighted by Crippen LogP contribution is -2.41. The highest BCUT2D eigenvalue weighted by atomic mass is 32.1. The number of carbonyl (C=O) groups is 2. The molecule has 2 aliphatic heterocycles. The number of halogens is 1. The number of primary amides is 1. The highest BCUT2D eigenvalue weighted by Crippen LogP contribution is 2.25. The zero-order chi connectivity index (χ0) is 20.4. The van der Waals surface area contributed by atoms with Gasteiger partial charge in [0.25, 0.3) is 5.91 Å². The molecule has 0 fully saturated rings. The number of anilines is 1. The monoisotopic (exact) mass is 415 g/mol. The molecule has 152 valence electrons. The second kappa shape index (κ2) is 8.30. The van der Waals surface area contributed by atoms with Crippen LogP contribution in [0.5, 0.6) is 0 Å². The minimum Gasteiger partial charge on any atom is -0.368 e. The van der Waals surface area contributed by atoms with Crippen LogP contribution in [-0.4, -0.2) is 48.1 Å². The molecule has 1 unspecified atom stereocenters. The molecule has 0 aliphatic carbocycles. The molecule has 3 N–H and O–H groups in total. The Morgan fingerprint density at radius 3 is 2.83 bits per heavy atom. The van der Waals surface area contributed by atoms with Gasteiger partial charge in [0.15, 0.2) is 0 Å². The second-order valence-corrected chi connectivity index (χ2v) is 8.14. The van der Waals surface area contributed by atoms with Crippen LogP contribution in [0.15, 0.2) is 40.8 Å². The molecular weight excluding hydrogens is 393 g/mol. The molecule has 2 aliphatic rings. The van der Waals surface area contributed by atoms with E-state index < -0.39 is 17.8 Å². The molecule has 29 heavy (non-hydrogen) atoms. The standard InChI is InChI=1S/C20H22FN5O2S/c21-14-1-3-15(4-2-14)26-17(19(22)27)11-16(24-26)20(28)23-7-9-25-8-5-18-13(12-25)6-10-29-18/h1-4,6,10,17H,5,7-9,11-12H2,(H2,22,27)(H,23,28). The summed E-state index contributed by atoms with van der Waals surface area (Å²) in [5.41, 5.74) is 7.61. The molecule has 4 rings (SSSR count). The van der Waals surface area contributed by atoms with Crippen molar-refractivity contribution >= 4 is 34.6 Å². The maximum absolute atomic E-state index is 13.2. The van der Waals surface area contributed by atoms with E-state index in [1.165, 1.54) is 39.7 Å². The van der Waals surface area contributed by atoms with Crippen molar-refractivity contribution in [1.29, 1.82) is 0 Å². The van der Waals surface area contributed by atoms with Gasteiger partial charge >= 0.3 is 0 Å². The number of nitrogens with two attached hydrogens (primary N) is 1. The Labute approximate surface area is 172 Å². The molecular formula is C20H22FN5O2S. The number of rotatable bonds is 6. The highest BCUT2D eigenvalue weighted by Gasteiger charge is 2.35. The summed E-state index contributed by atoms with van der Waals surface area (Å²) in [6.07, 6.45) is 1.17. The summed E-state index contributed by atoms with van der Waals surface area (Å²) in [4.78, 5) is 28.1. The minimum absolute atomic E-state index is 0.126. The van der Waals surface area contributed by atoms with E-state index in [1.54, 1.807) is 11.3 Å². The first-order valence-corrected chi connectivity index (χ1v) is 10.4. The third-order valence-electron chi connectivity index (χ3n) is 5.19. The Morgan fingerprint density at radius 1 is 1.28 bits per heavy atom. The summed E-state index contributed by atoms with van der Waals surface area (Å²) in [5.74, 6) is -1.28. The first kappa shape index (κ1) is 19.5. The van der Waals surface area contributed by atoms with E-state index in [4.69, 9.17) is 5.73 Å². The quantitative estimate of drug-likeness (QED) is 0.748. The maximum Gasteiger partial charge on any atom is 0.267 e. The van der Waals surface area contributed by atoms with Gasteiger partial charge in [0.1, 0.15) is 17.6 Å². The van der Waals surface area contributed by atoms with E-state index >= 15 is 0 Å². The van der Waals surface area contributed by atoms with Crippen molar-refractivity contribution in [3.05, 3.63) is 52.0 Å². The number of hydrazone groups is 1. The van der Waals surface area contributed by atoms with E-state index in [0.717, 1.165) is 26.1 Å². The average molecular weight is 415 g/mol. The number of thiophene rings is 1. The van der Waals surface area contributed by atoms with Crippen molar-refractivity contribution in [2.45, 2.75) is 25.4 Å². The van der Waals surface area contributed by atoms with Gasteiger partial charge in [-0.15, -0.1) is 11.3 Å². The van der Waals surface area contributed by atoms with Gasteiger partial charge in [0, 0.05) is 37.5 Å². The number of fused-ring (bicyclic) bond motifs is 1. The Balaban J connectivity index is 1.35. The molecule has 3 heterocycles. The zero-order valence-electron chi connectivity index (χ0n) is 15.8. The van der Waals surface area contributed by atoms with E-state index in [-0.39, 0.29) is 18.0 Å². The SMILES string of the molecule is NC(=O)C1CC(C(=O)NCCN2CCc3sccc3C2)=NN1c1ccc(F)cc1. The lowest BCUT2D eigenvalue weighted by atomic mass is 10.1. The summed E-state index contributed by atoms with van der Waals surface area (Å²) in [7, 11) is 0. The Kier molecular flexibility index (Phi) is 5.59. The van der Waals surface area contributed by atoms with Gasteiger partial charge in [-0.25, -0.2) is 4.39 Å². The maximum atomic E-state index is 13.2. The van der Waals surface area contributed by atoms with Crippen molar-refractivity contribution in [3.8, 4) is 0 Å². The van der Waals surface area contributed by atoms with Crippen molar-refractivity contribution in [1.82, 2.24) is 10.2 Å². The topological polar surface area (TPSA) is 91.0 Å². The molecule has 0 saturated carbocycles. The van der Waals surface area contributed by atoms with Gasteiger partial charge < -0.3 is 11.1 Å². The fourth-order valence-electron chi connectivity index (χ4n) is 3.63. The first-order valence-electron chi connectivity index (χ1n) is 9.48. The lowest BCUT2D eigenvalue weighted by molar-refractivity contribution is -0.119. The molecule has 1 atom stereocenters. The van der Waals surface area contributed by atoms with E-state index in [1.807, 2.05) is 0 Å². The molecule has 2 amide bonds. The Hall–Kier alpha value is -2.78. The van der Waals surface area contributed by atoms with Crippen LogP contribution in [0.25, 0.3) is 0 Å². The zero-order valence-corrected chi connectivity index (χ0v) is 16.6. The number of nitrogens with zero attached hydrogens (tertiary/aromatic N) is 3. The first-order chi connectivity index (χ1) is 14.0. The van der Waals surface area contributed by atoms with Crippen LogP contribution in [0.1, 0.15) is 16.9 Å². The number of carbonyl (C=O) groups excluding carboxylic acids is 2. The Bertz CT molecular complexity index is 943. The molecule has 1 aromatic carbocycles. The van der Waals surface area contributed by atoms with Crippen molar-refractivity contribution in [2.24, 2.45) is 10.8 Å². The smallest absolute Gasteiger partial charge is 0.267 e. The average Bonchev–Trinajstić information content (AvgIpc) is 3.35. The summed E-state index contributed by atoms with van der Waals surface area (Å²) >= 11 is 1.80. The second-order valence-electron chi connectivity index (χ2n) is 7.14. The molecule has 9 heteroatoms. The van der Waals surface area contributed by atoms with Gasteiger partial charge in [0.05, 0.1) is 5.69 Å². The van der Waals surface area contributed by atoms with E-state index in [2.05, 4.69) is 26.8 Å². The molecule has 2 aromatic rings. The predicted octanol–water partition coefficient (Wildman–Crippen LogP) is 1.48. The van der Waals surface area contributed by atoms with Gasteiger partial charge in [-0.2, -0.15) is 5.10 Å². The summed E-state index contributed by atoms with van der Waals surface area (Å²) in [6.45, 7) is 3.12. The number of hydrogen-bond donors (Lipinski definition) is 2. The lowest BCUT2D eigenvalue weighted by Gasteiger charge is -2.26. The van der Waals surface area contributed by atoms with E-state index in [0.29, 0.717) is 12.2 Å². The third-order valence-corrected chi connectivity index (χ3v) is 6.22. The fourth-order valence-corrected chi connectivity index (χ4v) is 4.52. The number of hydrogen-bond acceptors (Lipinski definition) is 6. The summed E-state index contributed by atoms with van der Waals surface area (Å²) < 4.78 is 13.2. The fraction of sp³-hybridized carbons (Fsp3) is 0.350. The molecule has 0 spiro atoms. The van der Waals surface area contributed by atoms with Crippen LogP contribution in [0.4, 0.5) is 10.1 Å². The molecule has 0 bridgehead atoms. The van der Waals surface area contributed by atoms with Gasteiger partial charge in [0.2, 0.25) is 5.91 Å². The predicted molar refractivity (Wildman–Crippen MR) is 110 cm³/mol. The molecule has 7 nitrogen and oxygen atoms in total. The van der Waals surface area contributed by atoms with Gasteiger partial charge in [-0.05, 0) is 47.7 Å². The van der Waals surface area contributed by atoms with Crippen molar-refractivity contribution in [2.75, 3.05) is 24.6 Å². The number of benzene rings is 1. The third kappa shape index (κ3) is 4.30. The molecule has 0 saturated heterocycles. The number of nitrogens with one attached hydrogen (secondary N) is 1. The van der Waals surface area contributed by atoms with Crippen molar-refractivity contribution in [3.63, 3.8) is 0 Å². The minimum atomic E-state index is -0.764. The van der Waals surface area contributed by atoms with Crippen LogP contribution in [0.2, 0.25) is 0 Å². The molecule has 0 radical (unpaired) electrons. The van der Waals surface area contributed by atoms with Gasteiger partial charge in [-0.1, -0.05) is 0 Å². The normalized spacial score (nSPS) is 19.0. The van der Waals surface area contributed by atoms with Crippen LogP contribution >= 0.6 is 11.3 Å². The molecule has 1 aromatic heterocycles. The highest BCUT2D eigenvalue weighted by molar-refractivity contribution is 7.10. The largest absolute Gasteiger partial charge is 0.368 e. The van der Waals surface area contributed by atoms with Crippen LogP contribution in [0.3, 0.4) is 0 Å². The van der Waals surface area contributed by atoms with Gasteiger partial charge in [-0.3, -0.25) is 19.5 Å². The van der Waals surface area contributed by atoms with Crippen molar-refractivity contribution < 1.29 is 14.0 Å². The summed E-state index contributed by atoms with van der Waals surface area (Å²) in [5, 5.41) is 10.7. The van der Waals surface area contributed by atoms with E-state index in [9.17, 15) is 14.0 Å². The number of amides is 2. The Morgan fingerprint density at radius 2 is 2.07 bits per heavy atom. The summed E-state index contributed by atoms with van der Waals surface area (Å²) in [6, 6.07) is 6.96.